The largest absolute Gasteiger partial charge is 0.489 e. The number of anilines is 2. The lowest BCUT2D eigenvalue weighted by Crippen LogP contribution is -2.52. The molecular formula is C22H22N6O3S. The van der Waals surface area contributed by atoms with Gasteiger partial charge >= 0.3 is 0 Å². The monoisotopic (exact) mass is 450 g/mol. The van der Waals surface area contributed by atoms with Crippen molar-refractivity contribution in [1.29, 1.82) is 0 Å². The number of nitrogens with zero attached hydrogens (tertiary/aromatic N) is 5. The van der Waals surface area contributed by atoms with Gasteiger partial charge in [0.25, 0.3) is 5.91 Å². The number of hydrogen-bond acceptors (Lipinski definition) is 8. The first-order chi connectivity index (χ1) is 15.7. The summed E-state index contributed by atoms with van der Waals surface area (Å²) in [5.41, 5.74) is 1.71. The third-order valence-electron chi connectivity index (χ3n) is 5.66. The van der Waals surface area contributed by atoms with Crippen molar-refractivity contribution in [1.82, 2.24) is 20.1 Å². The molecule has 32 heavy (non-hydrogen) atoms. The molecule has 1 aromatic carbocycles. The number of rotatable bonds is 6. The van der Waals surface area contributed by atoms with Crippen molar-refractivity contribution in [2.75, 3.05) is 36.4 Å². The Bertz CT molecular complexity index is 1070. The number of hydrogen-bond donors (Lipinski definition) is 1. The van der Waals surface area contributed by atoms with Gasteiger partial charge in [-0.05, 0) is 30.3 Å². The molecule has 9 nitrogen and oxygen atoms in total. The van der Waals surface area contributed by atoms with Gasteiger partial charge in [0.2, 0.25) is 5.91 Å². The fourth-order valence-electron chi connectivity index (χ4n) is 3.85. The van der Waals surface area contributed by atoms with Crippen molar-refractivity contribution in [2.45, 2.75) is 12.5 Å². The summed E-state index contributed by atoms with van der Waals surface area (Å²) < 4.78 is 6.03. The number of nitrogens with one attached hydrogen (secondary N) is 1. The fourth-order valence-corrected chi connectivity index (χ4v) is 4.46. The Balaban J connectivity index is 1.09. The molecule has 3 aromatic rings. The summed E-state index contributed by atoms with van der Waals surface area (Å²) in [6.45, 7) is 2.53. The Labute approximate surface area is 189 Å². The Morgan fingerprint density at radius 1 is 1.06 bits per heavy atom. The number of carbonyl (C=O) groups is 2. The van der Waals surface area contributed by atoms with Gasteiger partial charge in [0.1, 0.15) is 11.9 Å². The zero-order valence-corrected chi connectivity index (χ0v) is 18.1. The third-order valence-corrected chi connectivity index (χ3v) is 6.42. The van der Waals surface area contributed by atoms with E-state index in [4.69, 9.17) is 4.74 Å². The summed E-state index contributed by atoms with van der Waals surface area (Å²) in [4.78, 5) is 32.9. The molecule has 2 aromatic heterocycles. The summed E-state index contributed by atoms with van der Waals surface area (Å²) in [6, 6.07) is 9.25. The molecule has 0 radical (unpaired) electrons. The SMILES string of the molecule is O=C(Nc1ccc(O[C@@H]2CCN(C(=O)c3nccs3)C2)cc1)C1CN(c2ccnnc2)C1. The van der Waals surface area contributed by atoms with E-state index in [2.05, 4.69) is 25.4 Å². The second kappa shape index (κ2) is 8.91. The summed E-state index contributed by atoms with van der Waals surface area (Å²) in [7, 11) is 0. The molecule has 0 bridgehead atoms. The summed E-state index contributed by atoms with van der Waals surface area (Å²) >= 11 is 1.35. The van der Waals surface area contributed by atoms with E-state index in [9.17, 15) is 9.59 Å². The van der Waals surface area contributed by atoms with Gasteiger partial charge in [-0.15, -0.1) is 11.3 Å². The van der Waals surface area contributed by atoms with E-state index < -0.39 is 0 Å². The van der Waals surface area contributed by atoms with Crippen LogP contribution in [0.4, 0.5) is 11.4 Å². The van der Waals surface area contributed by atoms with Gasteiger partial charge in [-0.3, -0.25) is 9.59 Å². The van der Waals surface area contributed by atoms with Gasteiger partial charge in [0, 0.05) is 43.3 Å². The second-order valence-corrected chi connectivity index (χ2v) is 8.73. The van der Waals surface area contributed by atoms with E-state index in [1.807, 2.05) is 30.3 Å². The molecule has 1 N–H and O–H groups in total. The first-order valence-electron chi connectivity index (χ1n) is 10.4. The fraction of sp³-hybridized carbons (Fsp3) is 0.318. The predicted octanol–water partition coefficient (Wildman–Crippen LogP) is 2.30. The van der Waals surface area contributed by atoms with Gasteiger partial charge < -0.3 is 19.9 Å². The highest BCUT2D eigenvalue weighted by Gasteiger charge is 2.33. The molecule has 0 saturated carbocycles. The minimum atomic E-state index is -0.0565. The first-order valence-corrected chi connectivity index (χ1v) is 11.3. The third kappa shape index (κ3) is 4.40. The van der Waals surface area contributed by atoms with Crippen molar-refractivity contribution < 1.29 is 14.3 Å². The van der Waals surface area contributed by atoms with Gasteiger partial charge in [-0.1, -0.05) is 0 Å². The summed E-state index contributed by atoms with van der Waals surface area (Å²) in [6.07, 6.45) is 5.71. The van der Waals surface area contributed by atoms with Gasteiger partial charge in [0.05, 0.1) is 30.5 Å². The van der Waals surface area contributed by atoms with Gasteiger partial charge in [0.15, 0.2) is 5.01 Å². The highest BCUT2D eigenvalue weighted by Crippen LogP contribution is 2.26. The lowest BCUT2D eigenvalue weighted by Gasteiger charge is -2.39. The molecule has 0 unspecified atom stereocenters. The number of carbonyl (C=O) groups excluding carboxylic acids is 2. The van der Waals surface area contributed by atoms with Crippen LogP contribution in [0.3, 0.4) is 0 Å². The molecule has 1 atom stereocenters. The number of aromatic nitrogens is 3. The van der Waals surface area contributed by atoms with Crippen molar-refractivity contribution in [3.05, 3.63) is 59.3 Å². The highest BCUT2D eigenvalue weighted by atomic mass is 32.1. The molecule has 4 heterocycles. The van der Waals surface area contributed by atoms with Gasteiger partial charge in [-0.25, -0.2) is 4.98 Å². The maximum Gasteiger partial charge on any atom is 0.282 e. The van der Waals surface area contributed by atoms with Crippen LogP contribution >= 0.6 is 11.3 Å². The van der Waals surface area contributed by atoms with Crippen molar-refractivity contribution in [2.24, 2.45) is 5.92 Å². The minimum absolute atomic E-state index is 0.00377. The first kappa shape index (κ1) is 20.4. The lowest BCUT2D eigenvalue weighted by molar-refractivity contribution is -0.120. The van der Waals surface area contributed by atoms with Crippen LogP contribution in [0.15, 0.2) is 54.3 Å². The van der Waals surface area contributed by atoms with Crippen LogP contribution in [0.5, 0.6) is 5.75 Å². The smallest absolute Gasteiger partial charge is 0.282 e. The number of ether oxygens (including phenoxy) is 1. The molecule has 2 aliphatic heterocycles. The van der Waals surface area contributed by atoms with Crippen molar-refractivity contribution >= 4 is 34.5 Å². The number of likely N-dealkylation sites (tertiary alicyclic amines) is 1. The second-order valence-electron chi connectivity index (χ2n) is 7.83. The van der Waals surface area contributed by atoms with Crippen LogP contribution in [-0.2, 0) is 4.79 Å². The van der Waals surface area contributed by atoms with Gasteiger partial charge in [-0.2, -0.15) is 10.2 Å². The summed E-state index contributed by atoms with van der Waals surface area (Å²) in [5.74, 6) is 0.624. The maximum absolute atomic E-state index is 12.5. The molecular weight excluding hydrogens is 428 g/mol. The summed E-state index contributed by atoms with van der Waals surface area (Å²) in [5, 5.41) is 12.9. The van der Waals surface area contributed by atoms with E-state index in [1.54, 1.807) is 28.9 Å². The average Bonchev–Trinajstić information content (AvgIpc) is 3.47. The molecule has 2 aliphatic rings. The molecule has 2 fully saturated rings. The van der Waals surface area contributed by atoms with E-state index in [0.717, 1.165) is 23.5 Å². The van der Waals surface area contributed by atoms with E-state index >= 15 is 0 Å². The van der Waals surface area contributed by atoms with Crippen LogP contribution in [0.25, 0.3) is 0 Å². The Morgan fingerprint density at radius 2 is 1.91 bits per heavy atom. The minimum Gasteiger partial charge on any atom is -0.489 e. The molecule has 10 heteroatoms. The Kier molecular flexibility index (Phi) is 5.68. The van der Waals surface area contributed by atoms with Crippen LogP contribution in [0, 0.1) is 5.92 Å². The molecule has 2 saturated heterocycles. The molecule has 164 valence electrons. The molecule has 2 amide bonds. The van der Waals surface area contributed by atoms with Crippen LogP contribution in [0.2, 0.25) is 0 Å². The number of benzene rings is 1. The zero-order chi connectivity index (χ0) is 21.9. The number of thiazole rings is 1. The number of amides is 2. The lowest BCUT2D eigenvalue weighted by atomic mass is 9.98. The van der Waals surface area contributed by atoms with E-state index in [1.165, 1.54) is 11.3 Å². The average molecular weight is 451 g/mol. The van der Waals surface area contributed by atoms with Crippen LogP contribution in [-0.4, -0.2) is 64.2 Å². The topological polar surface area (TPSA) is 101 Å². The van der Waals surface area contributed by atoms with Crippen molar-refractivity contribution in [3.63, 3.8) is 0 Å². The Hall–Kier alpha value is -3.53. The van der Waals surface area contributed by atoms with Crippen LogP contribution in [0.1, 0.15) is 16.2 Å². The van der Waals surface area contributed by atoms with Crippen molar-refractivity contribution in [3.8, 4) is 5.75 Å². The zero-order valence-electron chi connectivity index (χ0n) is 17.3. The molecule has 0 spiro atoms. The van der Waals surface area contributed by atoms with Crippen LogP contribution < -0.4 is 15.0 Å². The highest BCUT2D eigenvalue weighted by molar-refractivity contribution is 7.11. The molecule has 5 rings (SSSR count). The standard InChI is InChI=1S/C22H22N6O3S/c29-20(15-12-28(13-15)17-5-7-24-25-11-17)26-16-1-3-18(4-2-16)31-19-6-9-27(14-19)22(30)21-23-8-10-32-21/h1-5,7-8,10-11,15,19H,6,9,12-14H2,(H,26,29)/t19-/m1/s1. The van der Waals surface area contributed by atoms with E-state index in [-0.39, 0.29) is 23.8 Å². The Morgan fingerprint density at radius 3 is 2.62 bits per heavy atom. The molecule has 0 aliphatic carbocycles. The van der Waals surface area contributed by atoms with E-state index in [0.29, 0.717) is 31.2 Å². The predicted molar refractivity (Wildman–Crippen MR) is 120 cm³/mol. The quantitative estimate of drug-likeness (QED) is 0.615. The maximum atomic E-state index is 12.5. The normalized spacial score (nSPS) is 18.3.